The van der Waals surface area contributed by atoms with E-state index < -0.39 is 0 Å². The summed E-state index contributed by atoms with van der Waals surface area (Å²) in [6.07, 6.45) is 9.36. The zero-order chi connectivity index (χ0) is 11.7. The van der Waals surface area contributed by atoms with Gasteiger partial charge >= 0.3 is 0 Å². The Morgan fingerprint density at radius 2 is 1.94 bits per heavy atom. The summed E-state index contributed by atoms with van der Waals surface area (Å²) in [5.74, 6) is 0.892. The van der Waals surface area contributed by atoms with E-state index in [1.807, 2.05) is 0 Å². The topological polar surface area (TPSA) is 4.93 Å². The molecule has 0 atom stereocenters. The van der Waals surface area contributed by atoms with Crippen LogP contribution in [-0.4, -0.2) is 4.57 Å². The molecule has 0 aliphatic heterocycles. The third-order valence-electron chi connectivity index (χ3n) is 3.91. The van der Waals surface area contributed by atoms with Gasteiger partial charge in [-0.25, -0.2) is 0 Å². The monoisotopic (exact) mass is 291 g/mol. The van der Waals surface area contributed by atoms with Crippen LogP contribution in [-0.2, 0) is 6.54 Å². The van der Waals surface area contributed by atoms with Gasteiger partial charge in [-0.3, -0.25) is 0 Å². The van der Waals surface area contributed by atoms with Gasteiger partial charge in [0.15, 0.2) is 0 Å². The van der Waals surface area contributed by atoms with Gasteiger partial charge in [0.25, 0.3) is 0 Å². The number of rotatable bonds is 2. The predicted molar refractivity (Wildman–Crippen MR) is 76.2 cm³/mol. The first-order chi connectivity index (χ1) is 8.33. The Hall–Kier alpha value is -0.760. The number of hydrogen-bond acceptors (Lipinski definition) is 0. The summed E-state index contributed by atoms with van der Waals surface area (Å²) in [5.41, 5.74) is 1.37. The Labute approximate surface area is 111 Å². The molecule has 0 radical (unpaired) electrons. The molecule has 3 rings (SSSR count). The lowest BCUT2D eigenvalue weighted by atomic mass is 9.89. The Kier molecular flexibility index (Phi) is 3.24. The van der Waals surface area contributed by atoms with Crippen molar-refractivity contribution in [1.82, 2.24) is 4.57 Å². The van der Waals surface area contributed by atoms with Gasteiger partial charge in [0, 0.05) is 28.1 Å². The molecule has 0 bridgehead atoms. The maximum absolute atomic E-state index is 3.53. The molecule has 1 aromatic carbocycles. The molecule has 2 heteroatoms. The summed E-state index contributed by atoms with van der Waals surface area (Å²) in [6, 6.07) is 8.79. The highest BCUT2D eigenvalue weighted by molar-refractivity contribution is 9.10. The van der Waals surface area contributed by atoms with Crippen molar-refractivity contribution in [3.05, 3.63) is 34.9 Å². The molecule has 0 N–H and O–H groups in total. The molecule has 17 heavy (non-hydrogen) atoms. The second kappa shape index (κ2) is 4.85. The average molecular weight is 292 g/mol. The van der Waals surface area contributed by atoms with E-state index in [2.05, 4.69) is 51.0 Å². The summed E-state index contributed by atoms with van der Waals surface area (Å²) >= 11 is 3.53. The van der Waals surface area contributed by atoms with Crippen LogP contribution in [0.3, 0.4) is 0 Å². The van der Waals surface area contributed by atoms with Crippen LogP contribution in [0.1, 0.15) is 32.1 Å². The highest BCUT2D eigenvalue weighted by Crippen LogP contribution is 2.27. The molecule has 1 nitrogen and oxygen atoms in total. The van der Waals surface area contributed by atoms with Crippen molar-refractivity contribution in [3.8, 4) is 0 Å². The van der Waals surface area contributed by atoms with Crippen LogP contribution in [0.15, 0.2) is 34.9 Å². The molecule has 90 valence electrons. The first kappa shape index (κ1) is 11.3. The summed E-state index contributed by atoms with van der Waals surface area (Å²) in [7, 11) is 0. The maximum Gasteiger partial charge on any atom is 0.0481 e. The van der Waals surface area contributed by atoms with Crippen molar-refractivity contribution in [3.63, 3.8) is 0 Å². The van der Waals surface area contributed by atoms with Gasteiger partial charge in [0.05, 0.1) is 0 Å². The smallest absolute Gasteiger partial charge is 0.0481 e. The van der Waals surface area contributed by atoms with Crippen molar-refractivity contribution in [2.75, 3.05) is 0 Å². The summed E-state index contributed by atoms with van der Waals surface area (Å²) in [5, 5.41) is 1.34. The van der Waals surface area contributed by atoms with Gasteiger partial charge in [-0.1, -0.05) is 35.2 Å². The van der Waals surface area contributed by atoms with Gasteiger partial charge < -0.3 is 4.57 Å². The number of hydrogen-bond donors (Lipinski definition) is 0. The number of benzene rings is 1. The molecular weight excluding hydrogens is 274 g/mol. The van der Waals surface area contributed by atoms with E-state index in [-0.39, 0.29) is 0 Å². The Morgan fingerprint density at radius 1 is 1.12 bits per heavy atom. The maximum atomic E-state index is 3.53. The lowest BCUT2D eigenvalue weighted by Gasteiger charge is -2.22. The molecule has 0 unspecified atom stereocenters. The zero-order valence-electron chi connectivity index (χ0n) is 10.0. The van der Waals surface area contributed by atoms with E-state index in [1.165, 1.54) is 54.0 Å². The van der Waals surface area contributed by atoms with Crippen LogP contribution in [0, 0.1) is 5.92 Å². The van der Waals surface area contributed by atoms with Crippen LogP contribution in [0.4, 0.5) is 0 Å². The molecule has 1 aromatic heterocycles. The van der Waals surface area contributed by atoms with E-state index >= 15 is 0 Å². The Bertz CT molecular complexity index is 509. The molecule has 2 aromatic rings. The molecule has 0 amide bonds. The fraction of sp³-hybridized carbons (Fsp3) is 0.467. The minimum atomic E-state index is 0.892. The van der Waals surface area contributed by atoms with Crippen molar-refractivity contribution in [1.29, 1.82) is 0 Å². The van der Waals surface area contributed by atoms with Crippen molar-refractivity contribution in [2.45, 2.75) is 38.6 Å². The van der Waals surface area contributed by atoms with Gasteiger partial charge in [-0.15, -0.1) is 0 Å². The first-order valence-corrected chi connectivity index (χ1v) is 7.36. The Morgan fingerprint density at radius 3 is 2.76 bits per heavy atom. The molecular formula is C15H18BrN. The SMILES string of the molecule is Brc1ccc2c(ccn2CC2CCCCC2)c1. The third kappa shape index (κ3) is 2.42. The largest absolute Gasteiger partial charge is 0.347 e. The normalized spacial score (nSPS) is 17.7. The summed E-state index contributed by atoms with van der Waals surface area (Å²) in [6.45, 7) is 1.20. The number of fused-ring (bicyclic) bond motifs is 1. The van der Waals surface area contributed by atoms with E-state index in [9.17, 15) is 0 Å². The number of aromatic nitrogens is 1. The van der Waals surface area contributed by atoms with Crippen LogP contribution in [0.5, 0.6) is 0 Å². The highest BCUT2D eigenvalue weighted by Gasteiger charge is 2.14. The van der Waals surface area contributed by atoms with Gasteiger partial charge in [0.2, 0.25) is 0 Å². The summed E-state index contributed by atoms with van der Waals surface area (Å²) in [4.78, 5) is 0. The van der Waals surface area contributed by atoms with Gasteiger partial charge in [-0.05, 0) is 43.0 Å². The van der Waals surface area contributed by atoms with E-state index in [4.69, 9.17) is 0 Å². The first-order valence-electron chi connectivity index (χ1n) is 6.57. The lowest BCUT2D eigenvalue weighted by Crippen LogP contribution is -2.13. The minimum absolute atomic E-state index is 0.892. The van der Waals surface area contributed by atoms with Crippen LogP contribution < -0.4 is 0 Å². The predicted octanol–water partition coefficient (Wildman–Crippen LogP) is 4.98. The van der Waals surface area contributed by atoms with Crippen molar-refractivity contribution in [2.24, 2.45) is 5.92 Å². The number of nitrogens with zero attached hydrogens (tertiary/aromatic N) is 1. The number of halogens is 1. The van der Waals surface area contributed by atoms with Crippen LogP contribution >= 0.6 is 15.9 Å². The van der Waals surface area contributed by atoms with E-state index in [1.54, 1.807) is 0 Å². The van der Waals surface area contributed by atoms with Crippen molar-refractivity contribution >= 4 is 26.8 Å². The quantitative estimate of drug-likeness (QED) is 0.735. The summed E-state index contributed by atoms with van der Waals surface area (Å²) < 4.78 is 3.60. The molecule has 0 spiro atoms. The molecule has 1 fully saturated rings. The second-order valence-corrected chi connectivity index (χ2v) is 6.09. The molecule has 1 aliphatic rings. The molecule has 1 heterocycles. The zero-order valence-corrected chi connectivity index (χ0v) is 11.6. The lowest BCUT2D eigenvalue weighted by molar-refractivity contribution is 0.322. The fourth-order valence-corrected chi connectivity index (χ4v) is 3.36. The molecule has 1 saturated carbocycles. The van der Waals surface area contributed by atoms with Crippen LogP contribution in [0.2, 0.25) is 0 Å². The highest BCUT2D eigenvalue weighted by atomic mass is 79.9. The standard InChI is InChI=1S/C15H18BrN/c16-14-6-7-15-13(10-14)8-9-17(15)11-12-4-2-1-3-5-12/h6-10,12H,1-5,11H2. The fourth-order valence-electron chi connectivity index (χ4n) is 2.98. The molecule has 0 saturated heterocycles. The van der Waals surface area contributed by atoms with E-state index in [0.717, 1.165) is 5.92 Å². The van der Waals surface area contributed by atoms with Gasteiger partial charge in [0.1, 0.15) is 0 Å². The third-order valence-corrected chi connectivity index (χ3v) is 4.41. The van der Waals surface area contributed by atoms with Crippen LogP contribution in [0.25, 0.3) is 10.9 Å². The average Bonchev–Trinajstić information content (AvgIpc) is 2.73. The van der Waals surface area contributed by atoms with E-state index in [0.29, 0.717) is 0 Å². The Balaban J connectivity index is 1.84. The second-order valence-electron chi connectivity index (χ2n) is 5.18. The minimum Gasteiger partial charge on any atom is -0.347 e. The van der Waals surface area contributed by atoms with Crippen molar-refractivity contribution < 1.29 is 0 Å². The van der Waals surface area contributed by atoms with Gasteiger partial charge in [-0.2, -0.15) is 0 Å². The molecule has 1 aliphatic carbocycles.